The highest BCUT2D eigenvalue weighted by molar-refractivity contribution is 9.10. The Morgan fingerprint density at radius 1 is 1.22 bits per heavy atom. The van der Waals surface area contributed by atoms with Crippen LogP contribution in [0.3, 0.4) is 0 Å². The zero-order chi connectivity index (χ0) is 19.2. The molecule has 0 saturated carbocycles. The molecule has 0 aliphatic rings. The Kier molecular flexibility index (Phi) is 6.32. The fraction of sp³-hybridized carbons (Fsp3) is 0.200. The first-order valence-corrected chi connectivity index (χ1v) is 9.86. The number of nitriles is 1. The second-order valence-corrected chi connectivity index (χ2v) is 7.64. The molecule has 2 aromatic carbocycles. The number of halogens is 1. The molecule has 1 heterocycles. The first kappa shape index (κ1) is 19.2. The Morgan fingerprint density at radius 2 is 2.00 bits per heavy atom. The lowest BCUT2D eigenvalue weighted by Gasteiger charge is -2.15. The summed E-state index contributed by atoms with van der Waals surface area (Å²) in [5.41, 5.74) is 2.84. The van der Waals surface area contributed by atoms with Crippen LogP contribution in [0.25, 0.3) is 0 Å². The molecular formula is C20H18BrN3O2S. The highest BCUT2D eigenvalue weighted by Crippen LogP contribution is 2.37. The van der Waals surface area contributed by atoms with Gasteiger partial charge in [0.05, 0.1) is 17.3 Å². The maximum absolute atomic E-state index is 9.04. The molecule has 0 bridgehead atoms. The molecule has 3 aromatic rings. The third-order valence-electron chi connectivity index (χ3n) is 3.86. The van der Waals surface area contributed by atoms with E-state index in [0.717, 1.165) is 26.4 Å². The average Bonchev–Trinajstić information content (AvgIpc) is 3.05. The van der Waals surface area contributed by atoms with Crippen molar-refractivity contribution in [3.63, 3.8) is 0 Å². The lowest BCUT2D eigenvalue weighted by atomic mass is 10.2. The number of hydrogen-bond acceptors (Lipinski definition) is 6. The van der Waals surface area contributed by atoms with E-state index < -0.39 is 0 Å². The Bertz CT molecular complexity index is 967. The molecule has 0 saturated heterocycles. The minimum absolute atomic E-state index is 0.461. The lowest BCUT2D eigenvalue weighted by Crippen LogP contribution is -2.02. The largest absolute Gasteiger partial charge is 0.493 e. The Morgan fingerprint density at radius 3 is 2.67 bits per heavy atom. The minimum atomic E-state index is 0.461. The van der Waals surface area contributed by atoms with Gasteiger partial charge in [0.15, 0.2) is 16.6 Å². The van der Waals surface area contributed by atoms with Gasteiger partial charge >= 0.3 is 0 Å². The number of hydrogen-bond donors (Lipinski definition) is 1. The maximum Gasteiger partial charge on any atom is 0.184 e. The summed E-state index contributed by atoms with van der Waals surface area (Å²) in [5.74, 6) is 1.33. The van der Waals surface area contributed by atoms with Gasteiger partial charge in [-0.15, -0.1) is 0 Å². The molecule has 0 aliphatic heterocycles. The Labute approximate surface area is 170 Å². The zero-order valence-electron chi connectivity index (χ0n) is 15.0. The van der Waals surface area contributed by atoms with Gasteiger partial charge < -0.3 is 14.8 Å². The number of methoxy groups -OCH3 is 1. The van der Waals surface area contributed by atoms with Gasteiger partial charge in [-0.05, 0) is 46.1 Å². The van der Waals surface area contributed by atoms with E-state index in [-0.39, 0.29) is 0 Å². The number of nitrogens with one attached hydrogen (secondary N) is 1. The van der Waals surface area contributed by atoms with Gasteiger partial charge in [0.2, 0.25) is 0 Å². The minimum Gasteiger partial charge on any atom is -0.493 e. The molecule has 0 aliphatic carbocycles. The zero-order valence-corrected chi connectivity index (χ0v) is 17.4. The summed E-state index contributed by atoms with van der Waals surface area (Å²) in [6.07, 6.45) is 0. The van der Waals surface area contributed by atoms with Crippen LogP contribution in [0.15, 0.2) is 46.9 Å². The lowest BCUT2D eigenvalue weighted by molar-refractivity contribution is 0.282. The van der Waals surface area contributed by atoms with E-state index in [0.29, 0.717) is 29.5 Å². The van der Waals surface area contributed by atoms with Crippen molar-refractivity contribution in [1.29, 1.82) is 5.26 Å². The van der Waals surface area contributed by atoms with Gasteiger partial charge in [0.25, 0.3) is 0 Å². The van der Waals surface area contributed by atoms with Crippen LogP contribution in [-0.2, 0) is 13.2 Å². The molecule has 0 unspecified atom stereocenters. The SMILES string of the molecule is COc1cc(CNc2nc(C)c(C#N)s2)cc(Br)c1OCc1ccccc1. The van der Waals surface area contributed by atoms with Crippen LogP contribution in [0.4, 0.5) is 5.13 Å². The van der Waals surface area contributed by atoms with Crippen molar-refractivity contribution in [1.82, 2.24) is 4.98 Å². The molecule has 138 valence electrons. The van der Waals surface area contributed by atoms with Crippen molar-refractivity contribution in [3.05, 3.63) is 68.6 Å². The molecule has 7 heteroatoms. The van der Waals surface area contributed by atoms with Gasteiger partial charge in [0, 0.05) is 6.54 Å². The number of aromatic nitrogens is 1. The van der Waals surface area contributed by atoms with Crippen molar-refractivity contribution in [2.75, 3.05) is 12.4 Å². The van der Waals surface area contributed by atoms with E-state index in [1.54, 1.807) is 7.11 Å². The molecule has 1 aromatic heterocycles. The summed E-state index contributed by atoms with van der Waals surface area (Å²) in [7, 11) is 1.62. The number of benzene rings is 2. The standard InChI is InChI=1S/C20H18BrN3O2S/c1-13-18(10-22)27-20(24-13)23-11-15-8-16(21)19(17(9-15)25-2)26-12-14-6-4-3-5-7-14/h3-9H,11-12H2,1-2H3,(H,23,24). The number of nitrogens with zero attached hydrogens (tertiary/aromatic N) is 2. The van der Waals surface area contributed by atoms with Crippen LogP contribution in [0.2, 0.25) is 0 Å². The van der Waals surface area contributed by atoms with E-state index in [9.17, 15) is 0 Å². The molecule has 0 radical (unpaired) electrons. The monoisotopic (exact) mass is 443 g/mol. The molecule has 5 nitrogen and oxygen atoms in total. The van der Waals surface area contributed by atoms with Crippen molar-refractivity contribution < 1.29 is 9.47 Å². The summed E-state index contributed by atoms with van der Waals surface area (Å²) in [5, 5.41) is 13.0. The van der Waals surface area contributed by atoms with E-state index in [4.69, 9.17) is 14.7 Å². The van der Waals surface area contributed by atoms with Crippen LogP contribution in [0.5, 0.6) is 11.5 Å². The third kappa shape index (κ3) is 4.79. The van der Waals surface area contributed by atoms with Crippen LogP contribution in [-0.4, -0.2) is 12.1 Å². The van der Waals surface area contributed by atoms with E-state index in [2.05, 4.69) is 32.3 Å². The predicted octanol–water partition coefficient (Wildman–Crippen LogP) is 5.29. The van der Waals surface area contributed by atoms with Gasteiger partial charge in [-0.25, -0.2) is 4.98 Å². The van der Waals surface area contributed by atoms with Gasteiger partial charge in [0.1, 0.15) is 17.6 Å². The summed E-state index contributed by atoms with van der Waals surface area (Å²) in [6.45, 7) is 2.85. The summed E-state index contributed by atoms with van der Waals surface area (Å²) < 4.78 is 12.3. The molecular weight excluding hydrogens is 426 g/mol. The highest BCUT2D eigenvalue weighted by Gasteiger charge is 2.13. The summed E-state index contributed by atoms with van der Waals surface area (Å²) >= 11 is 4.93. The predicted molar refractivity (Wildman–Crippen MR) is 110 cm³/mol. The first-order valence-electron chi connectivity index (χ1n) is 8.25. The van der Waals surface area contributed by atoms with Crippen LogP contribution in [0, 0.1) is 18.3 Å². The normalized spacial score (nSPS) is 10.3. The summed E-state index contributed by atoms with van der Waals surface area (Å²) in [4.78, 5) is 4.99. The molecule has 0 atom stereocenters. The Hall–Kier alpha value is -2.56. The van der Waals surface area contributed by atoms with Crippen molar-refractivity contribution in [2.45, 2.75) is 20.1 Å². The second kappa shape index (κ2) is 8.89. The quantitative estimate of drug-likeness (QED) is 0.537. The molecule has 3 rings (SSSR count). The highest BCUT2D eigenvalue weighted by atomic mass is 79.9. The number of aryl methyl sites for hydroxylation is 1. The molecule has 0 spiro atoms. The molecule has 0 amide bonds. The fourth-order valence-electron chi connectivity index (χ4n) is 2.50. The van der Waals surface area contributed by atoms with Crippen molar-refractivity contribution in [2.24, 2.45) is 0 Å². The van der Waals surface area contributed by atoms with Gasteiger partial charge in [-0.2, -0.15) is 5.26 Å². The van der Waals surface area contributed by atoms with Gasteiger partial charge in [-0.3, -0.25) is 0 Å². The first-order chi connectivity index (χ1) is 13.1. The number of ether oxygens (including phenoxy) is 2. The van der Waals surface area contributed by atoms with Gasteiger partial charge in [-0.1, -0.05) is 41.7 Å². The molecule has 1 N–H and O–H groups in total. The van der Waals surface area contributed by atoms with E-state index in [1.807, 2.05) is 49.4 Å². The van der Waals surface area contributed by atoms with Crippen LogP contribution < -0.4 is 14.8 Å². The molecule has 27 heavy (non-hydrogen) atoms. The topological polar surface area (TPSA) is 67.2 Å². The number of thiazole rings is 1. The summed E-state index contributed by atoms with van der Waals surface area (Å²) in [6, 6.07) is 16.1. The van der Waals surface area contributed by atoms with Crippen molar-refractivity contribution >= 4 is 32.4 Å². The molecule has 0 fully saturated rings. The van der Waals surface area contributed by atoms with E-state index in [1.165, 1.54) is 11.3 Å². The smallest absolute Gasteiger partial charge is 0.184 e. The Balaban J connectivity index is 1.72. The third-order valence-corrected chi connectivity index (χ3v) is 5.47. The van der Waals surface area contributed by atoms with Crippen LogP contribution in [0.1, 0.15) is 21.7 Å². The fourth-order valence-corrected chi connectivity index (χ4v) is 3.86. The van der Waals surface area contributed by atoms with Crippen LogP contribution >= 0.6 is 27.3 Å². The van der Waals surface area contributed by atoms with Crippen molar-refractivity contribution in [3.8, 4) is 17.6 Å². The number of anilines is 1. The van der Waals surface area contributed by atoms with E-state index >= 15 is 0 Å². The second-order valence-electron chi connectivity index (χ2n) is 5.78. The average molecular weight is 444 g/mol. The maximum atomic E-state index is 9.04. The number of rotatable bonds is 7.